The van der Waals surface area contributed by atoms with E-state index in [9.17, 15) is 0 Å². The van der Waals surface area contributed by atoms with Crippen LogP contribution in [-0.2, 0) is 0 Å². The molecule has 0 saturated heterocycles. The Hall–Kier alpha value is -1.42. The third-order valence-corrected chi connectivity index (χ3v) is 1.98. The highest BCUT2D eigenvalue weighted by Crippen LogP contribution is 1.99. The number of hydrogen-bond donors (Lipinski definition) is 3. The Kier molecular flexibility index (Phi) is 7.18. The van der Waals surface area contributed by atoms with Crippen LogP contribution < -0.4 is 10.9 Å². The van der Waals surface area contributed by atoms with Gasteiger partial charge in [0.05, 0.1) is 0 Å². The molecule has 0 aliphatic rings. The third kappa shape index (κ3) is 6.62. The standard InChI is InChI=1S/C11H20N4/c1-5-6-7-8-9(2)10(3)14-15-11(12)13-4/h6-8,10,14H,4-5H2,1-3H3,(H2,12,15)/b7-6-,9-8+. The lowest BCUT2D eigenvalue weighted by atomic mass is 10.1. The average Bonchev–Trinajstić information content (AvgIpc) is 2.25. The fourth-order valence-electron chi connectivity index (χ4n) is 0.830. The molecule has 0 spiro atoms. The van der Waals surface area contributed by atoms with Crippen molar-refractivity contribution in [3.8, 4) is 0 Å². The van der Waals surface area contributed by atoms with Crippen molar-refractivity contribution in [1.29, 1.82) is 5.41 Å². The Morgan fingerprint density at radius 3 is 2.80 bits per heavy atom. The third-order valence-electron chi connectivity index (χ3n) is 1.98. The molecule has 0 amide bonds. The van der Waals surface area contributed by atoms with Crippen LogP contribution in [0.3, 0.4) is 0 Å². The molecule has 15 heavy (non-hydrogen) atoms. The molecule has 0 aliphatic carbocycles. The highest BCUT2D eigenvalue weighted by molar-refractivity contribution is 5.80. The second-order valence-corrected chi connectivity index (χ2v) is 3.24. The summed E-state index contributed by atoms with van der Waals surface area (Å²) in [6.45, 7) is 9.38. The van der Waals surface area contributed by atoms with Gasteiger partial charge in [0.15, 0.2) is 0 Å². The summed E-state index contributed by atoms with van der Waals surface area (Å²) in [5, 5.41) is 7.20. The van der Waals surface area contributed by atoms with E-state index in [1.807, 2.05) is 26.0 Å². The zero-order chi connectivity index (χ0) is 11.7. The number of allylic oxidation sites excluding steroid dienone is 3. The number of guanidine groups is 1. The van der Waals surface area contributed by atoms with E-state index < -0.39 is 0 Å². The van der Waals surface area contributed by atoms with Crippen molar-refractivity contribution in [3.63, 3.8) is 0 Å². The monoisotopic (exact) mass is 208 g/mol. The van der Waals surface area contributed by atoms with E-state index >= 15 is 0 Å². The van der Waals surface area contributed by atoms with E-state index in [2.05, 4.69) is 35.6 Å². The predicted octanol–water partition coefficient (Wildman–Crippen LogP) is 2.02. The van der Waals surface area contributed by atoms with E-state index in [-0.39, 0.29) is 12.0 Å². The van der Waals surface area contributed by atoms with Gasteiger partial charge in [-0.1, -0.05) is 30.7 Å². The minimum Gasteiger partial charge on any atom is -0.290 e. The molecule has 0 heterocycles. The SMILES string of the molecule is C=NC(=N)NNC(C)/C(C)=C/C=C\CC. The predicted molar refractivity (Wildman–Crippen MR) is 66.2 cm³/mol. The lowest BCUT2D eigenvalue weighted by molar-refractivity contribution is 0.573. The van der Waals surface area contributed by atoms with Crippen LogP contribution in [0, 0.1) is 5.41 Å². The minimum atomic E-state index is 0.0266. The van der Waals surface area contributed by atoms with Gasteiger partial charge in [0, 0.05) is 6.04 Å². The molecule has 0 radical (unpaired) electrons. The quantitative estimate of drug-likeness (QED) is 0.280. The second kappa shape index (κ2) is 7.94. The maximum atomic E-state index is 7.20. The summed E-state index contributed by atoms with van der Waals surface area (Å²) in [7, 11) is 0. The molecule has 0 saturated carbocycles. The van der Waals surface area contributed by atoms with Gasteiger partial charge in [-0.2, -0.15) is 0 Å². The molecule has 0 aromatic carbocycles. The van der Waals surface area contributed by atoms with Gasteiger partial charge in [-0.25, -0.2) is 10.4 Å². The van der Waals surface area contributed by atoms with Crippen LogP contribution >= 0.6 is 0 Å². The van der Waals surface area contributed by atoms with Crippen molar-refractivity contribution >= 4 is 12.7 Å². The number of nitrogens with zero attached hydrogens (tertiary/aromatic N) is 1. The first-order valence-corrected chi connectivity index (χ1v) is 5.02. The van der Waals surface area contributed by atoms with Gasteiger partial charge in [-0.15, -0.1) is 0 Å². The van der Waals surface area contributed by atoms with E-state index in [0.717, 1.165) is 6.42 Å². The zero-order valence-electron chi connectivity index (χ0n) is 9.67. The van der Waals surface area contributed by atoms with Crippen molar-refractivity contribution in [2.75, 3.05) is 0 Å². The maximum absolute atomic E-state index is 7.20. The normalized spacial score (nSPS) is 13.9. The maximum Gasteiger partial charge on any atom is 0.229 e. The number of rotatable bonds is 5. The fraction of sp³-hybridized carbons (Fsp3) is 0.455. The summed E-state index contributed by atoms with van der Waals surface area (Å²) < 4.78 is 0. The Bertz CT molecular complexity index is 266. The first-order valence-electron chi connectivity index (χ1n) is 5.02. The molecular formula is C11H20N4. The van der Waals surface area contributed by atoms with Gasteiger partial charge < -0.3 is 0 Å². The van der Waals surface area contributed by atoms with Gasteiger partial charge in [0.2, 0.25) is 5.96 Å². The largest absolute Gasteiger partial charge is 0.290 e. The molecule has 84 valence electrons. The molecule has 0 bridgehead atoms. The zero-order valence-corrected chi connectivity index (χ0v) is 9.67. The van der Waals surface area contributed by atoms with Crippen molar-refractivity contribution in [2.24, 2.45) is 4.99 Å². The topological polar surface area (TPSA) is 60.3 Å². The first-order chi connectivity index (χ1) is 7.11. The molecule has 0 aliphatic heterocycles. The van der Waals surface area contributed by atoms with Gasteiger partial charge in [0.25, 0.3) is 0 Å². The average molecular weight is 208 g/mol. The van der Waals surface area contributed by atoms with E-state index in [1.165, 1.54) is 5.57 Å². The molecule has 4 heteroatoms. The molecule has 1 atom stereocenters. The molecule has 0 fully saturated rings. The van der Waals surface area contributed by atoms with Crippen molar-refractivity contribution in [2.45, 2.75) is 33.2 Å². The Labute approximate surface area is 91.7 Å². The number of nitrogens with one attached hydrogen (secondary N) is 3. The van der Waals surface area contributed by atoms with Crippen LogP contribution in [-0.4, -0.2) is 18.7 Å². The van der Waals surface area contributed by atoms with Gasteiger partial charge in [0.1, 0.15) is 0 Å². The summed E-state index contributed by atoms with van der Waals surface area (Å²) in [5.74, 6) is 0.0266. The lowest BCUT2D eigenvalue weighted by Gasteiger charge is -2.14. The molecule has 0 aromatic heterocycles. The summed E-state index contributed by atoms with van der Waals surface area (Å²) in [6, 6.07) is 0.147. The first kappa shape index (κ1) is 13.6. The summed E-state index contributed by atoms with van der Waals surface area (Å²) in [5.41, 5.74) is 6.78. The molecule has 0 aromatic rings. The van der Waals surface area contributed by atoms with E-state index in [0.29, 0.717) is 0 Å². The van der Waals surface area contributed by atoms with Crippen molar-refractivity contribution in [3.05, 3.63) is 23.8 Å². The van der Waals surface area contributed by atoms with Crippen LogP contribution in [0.15, 0.2) is 28.8 Å². The Morgan fingerprint density at radius 1 is 1.60 bits per heavy atom. The van der Waals surface area contributed by atoms with Crippen LogP contribution in [0.5, 0.6) is 0 Å². The number of aliphatic imine (C=N–C) groups is 1. The molecule has 4 nitrogen and oxygen atoms in total. The minimum absolute atomic E-state index is 0.0266. The summed E-state index contributed by atoms with van der Waals surface area (Å²) in [4.78, 5) is 3.42. The molecule has 1 unspecified atom stereocenters. The fourth-order valence-corrected chi connectivity index (χ4v) is 0.830. The number of hydrazine groups is 1. The summed E-state index contributed by atoms with van der Waals surface area (Å²) >= 11 is 0. The van der Waals surface area contributed by atoms with E-state index in [1.54, 1.807) is 0 Å². The highest BCUT2D eigenvalue weighted by Gasteiger charge is 2.01. The second-order valence-electron chi connectivity index (χ2n) is 3.24. The summed E-state index contributed by atoms with van der Waals surface area (Å²) in [6.07, 6.45) is 7.21. The van der Waals surface area contributed by atoms with Crippen LogP contribution in [0.2, 0.25) is 0 Å². The van der Waals surface area contributed by atoms with Gasteiger partial charge >= 0.3 is 0 Å². The van der Waals surface area contributed by atoms with Crippen LogP contribution in [0.1, 0.15) is 27.2 Å². The molecular weight excluding hydrogens is 188 g/mol. The smallest absolute Gasteiger partial charge is 0.229 e. The lowest BCUT2D eigenvalue weighted by Crippen LogP contribution is -2.42. The molecule has 3 N–H and O–H groups in total. The Morgan fingerprint density at radius 2 is 2.27 bits per heavy atom. The number of hydrogen-bond acceptors (Lipinski definition) is 2. The highest BCUT2D eigenvalue weighted by atomic mass is 15.4. The van der Waals surface area contributed by atoms with Crippen LogP contribution in [0.25, 0.3) is 0 Å². The Balaban J connectivity index is 4.03. The van der Waals surface area contributed by atoms with Crippen molar-refractivity contribution < 1.29 is 0 Å². The van der Waals surface area contributed by atoms with Crippen molar-refractivity contribution in [1.82, 2.24) is 10.9 Å². The van der Waals surface area contributed by atoms with Gasteiger partial charge in [-0.05, 0) is 27.0 Å². The molecule has 0 rings (SSSR count). The van der Waals surface area contributed by atoms with E-state index in [4.69, 9.17) is 5.41 Å². The van der Waals surface area contributed by atoms with Gasteiger partial charge in [-0.3, -0.25) is 10.8 Å². The van der Waals surface area contributed by atoms with Crippen LogP contribution in [0.4, 0.5) is 0 Å².